The van der Waals surface area contributed by atoms with Crippen molar-refractivity contribution in [2.24, 2.45) is 0 Å². The Balaban J connectivity index is 2.19. The van der Waals surface area contributed by atoms with Crippen LogP contribution in [0.15, 0.2) is 29.1 Å². The molecule has 0 aliphatic carbocycles. The monoisotopic (exact) mass is 294 g/mol. The number of aromatic nitrogens is 1. The number of ether oxygens (including phenoxy) is 1. The molecule has 0 bridgehead atoms. The number of halogens is 1. The third kappa shape index (κ3) is 3.55. The van der Waals surface area contributed by atoms with E-state index in [1.807, 2.05) is 11.4 Å². The molecule has 0 saturated heterocycles. The summed E-state index contributed by atoms with van der Waals surface area (Å²) in [5.41, 5.74) is 3.41. The third-order valence-corrected chi connectivity index (χ3v) is 3.74. The highest BCUT2D eigenvalue weighted by Crippen LogP contribution is 2.25. The lowest BCUT2D eigenvalue weighted by Crippen LogP contribution is -2.24. The summed E-state index contributed by atoms with van der Waals surface area (Å²) in [5.74, 6) is 0.00328. The molecule has 1 heterocycles. The first-order valence-electron chi connectivity index (χ1n) is 6.69. The standard InChI is InChI=1S/C15H19FN2OS/c1-3-7-17-12(13-9-20-10-18-13)8-11-5-4-6-14(19-2)15(11)16/h4-6,9-10,12,17H,3,7-8H2,1-2H3. The molecular formula is C15H19FN2OS. The Morgan fingerprint density at radius 2 is 2.30 bits per heavy atom. The zero-order chi connectivity index (χ0) is 14.4. The van der Waals surface area contributed by atoms with Gasteiger partial charge in [0.1, 0.15) is 0 Å². The number of methoxy groups -OCH3 is 1. The molecule has 0 aliphatic rings. The summed E-state index contributed by atoms with van der Waals surface area (Å²) in [6.45, 7) is 2.99. The van der Waals surface area contributed by atoms with Gasteiger partial charge >= 0.3 is 0 Å². The third-order valence-electron chi connectivity index (χ3n) is 3.14. The maximum absolute atomic E-state index is 14.2. The Hall–Kier alpha value is -1.46. The number of nitrogens with zero attached hydrogens (tertiary/aromatic N) is 1. The average Bonchev–Trinajstić information content (AvgIpc) is 2.99. The summed E-state index contributed by atoms with van der Waals surface area (Å²) in [6.07, 6.45) is 1.59. The smallest absolute Gasteiger partial charge is 0.168 e. The van der Waals surface area contributed by atoms with E-state index in [4.69, 9.17) is 4.74 Å². The number of nitrogens with one attached hydrogen (secondary N) is 1. The Labute approximate surface area is 122 Å². The van der Waals surface area contributed by atoms with E-state index >= 15 is 0 Å². The first-order chi connectivity index (χ1) is 9.76. The summed E-state index contributed by atoms with van der Waals surface area (Å²) in [6, 6.07) is 5.28. The molecule has 0 fully saturated rings. The van der Waals surface area contributed by atoms with Gasteiger partial charge in [-0.05, 0) is 31.0 Å². The van der Waals surface area contributed by atoms with Crippen LogP contribution < -0.4 is 10.1 Å². The Kier molecular flexibility index (Phi) is 5.49. The molecule has 1 aromatic heterocycles. The maximum Gasteiger partial charge on any atom is 0.168 e. The first kappa shape index (κ1) is 14.9. The maximum atomic E-state index is 14.2. The number of rotatable bonds is 7. The molecule has 2 rings (SSSR count). The van der Waals surface area contributed by atoms with E-state index in [1.54, 1.807) is 29.0 Å². The summed E-state index contributed by atoms with van der Waals surface area (Å²) >= 11 is 1.55. The molecular weight excluding hydrogens is 275 g/mol. The van der Waals surface area contributed by atoms with Gasteiger partial charge in [-0.15, -0.1) is 11.3 Å². The fourth-order valence-electron chi connectivity index (χ4n) is 2.09. The van der Waals surface area contributed by atoms with Crippen LogP contribution in [0.4, 0.5) is 4.39 Å². The van der Waals surface area contributed by atoms with Crippen molar-refractivity contribution in [2.75, 3.05) is 13.7 Å². The number of hydrogen-bond acceptors (Lipinski definition) is 4. The van der Waals surface area contributed by atoms with Gasteiger partial charge in [-0.25, -0.2) is 9.37 Å². The van der Waals surface area contributed by atoms with Gasteiger partial charge in [0.2, 0.25) is 0 Å². The van der Waals surface area contributed by atoms with Gasteiger partial charge in [-0.2, -0.15) is 0 Å². The molecule has 20 heavy (non-hydrogen) atoms. The lowest BCUT2D eigenvalue weighted by atomic mass is 10.0. The van der Waals surface area contributed by atoms with E-state index in [9.17, 15) is 4.39 Å². The molecule has 1 unspecified atom stereocenters. The number of hydrogen-bond donors (Lipinski definition) is 1. The van der Waals surface area contributed by atoms with Gasteiger partial charge in [-0.1, -0.05) is 19.1 Å². The van der Waals surface area contributed by atoms with Crippen LogP contribution in [0, 0.1) is 5.82 Å². The van der Waals surface area contributed by atoms with Crippen molar-refractivity contribution in [2.45, 2.75) is 25.8 Å². The van der Waals surface area contributed by atoms with Crippen LogP contribution >= 0.6 is 11.3 Å². The van der Waals surface area contributed by atoms with Crippen LogP contribution in [-0.4, -0.2) is 18.6 Å². The molecule has 2 aromatic rings. The molecule has 0 radical (unpaired) electrons. The van der Waals surface area contributed by atoms with Crippen LogP contribution in [0.25, 0.3) is 0 Å². The quantitative estimate of drug-likeness (QED) is 0.847. The lowest BCUT2D eigenvalue weighted by molar-refractivity contribution is 0.382. The van der Waals surface area contributed by atoms with Gasteiger partial charge in [0.05, 0.1) is 24.4 Å². The van der Waals surface area contributed by atoms with E-state index < -0.39 is 0 Å². The van der Waals surface area contributed by atoms with E-state index in [1.165, 1.54) is 7.11 Å². The van der Waals surface area contributed by atoms with Crippen molar-refractivity contribution < 1.29 is 9.13 Å². The van der Waals surface area contributed by atoms with E-state index in [0.717, 1.165) is 18.7 Å². The second-order valence-electron chi connectivity index (χ2n) is 4.56. The molecule has 0 amide bonds. The van der Waals surface area contributed by atoms with Crippen molar-refractivity contribution >= 4 is 11.3 Å². The number of thiazole rings is 1. The Bertz CT molecular complexity index is 531. The molecule has 0 aliphatic heterocycles. The SMILES string of the molecule is CCCNC(Cc1cccc(OC)c1F)c1cscn1. The van der Waals surface area contributed by atoms with Crippen molar-refractivity contribution in [1.82, 2.24) is 10.3 Å². The van der Waals surface area contributed by atoms with Crippen LogP contribution in [0.1, 0.15) is 30.6 Å². The minimum Gasteiger partial charge on any atom is -0.494 e. The lowest BCUT2D eigenvalue weighted by Gasteiger charge is -2.17. The highest BCUT2D eigenvalue weighted by molar-refractivity contribution is 7.07. The van der Waals surface area contributed by atoms with Gasteiger partial charge in [0.15, 0.2) is 11.6 Å². The highest BCUT2D eigenvalue weighted by Gasteiger charge is 2.17. The summed E-state index contributed by atoms with van der Waals surface area (Å²) in [4.78, 5) is 4.34. The summed E-state index contributed by atoms with van der Waals surface area (Å²) in [7, 11) is 1.48. The minimum absolute atomic E-state index is 0.0304. The van der Waals surface area contributed by atoms with Crippen LogP contribution in [0.3, 0.4) is 0 Å². The van der Waals surface area contributed by atoms with Crippen molar-refractivity contribution in [3.05, 3.63) is 46.2 Å². The molecule has 5 heteroatoms. The summed E-state index contributed by atoms with van der Waals surface area (Å²) in [5, 5.41) is 5.43. The second-order valence-corrected chi connectivity index (χ2v) is 5.28. The fraction of sp³-hybridized carbons (Fsp3) is 0.400. The van der Waals surface area contributed by atoms with Crippen LogP contribution in [0.2, 0.25) is 0 Å². The molecule has 3 nitrogen and oxygen atoms in total. The van der Waals surface area contributed by atoms with Crippen molar-refractivity contribution in [1.29, 1.82) is 0 Å². The Morgan fingerprint density at radius 3 is 2.95 bits per heavy atom. The highest BCUT2D eigenvalue weighted by atomic mass is 32.1. The largest absolute Gasteiger partial charge is 0.494 e. The van der Waals surface area contributed by atoms with Crippen LogP contribution in [-0.2, 0) is 6.42 Å². The van der Waals surface area contributed by atoms with Crippen molar-refractivity contribution in [3.63, 3.8) is 0 Å². The van der Waals surface area contributed by atoms with E-state index in [0.29, 0.717) is 12.0 Å². The zero-order valence-corrected chi connectivity index (χ0v) is 12.5. The van der Waals surface area contributed by atoms with Gasteiger partial charge in [-0.3, -0.25) is 0 Å². The molecule has 1 aromatic carbocycles. The molecule has 108 valence electrons. The molecule has 0 spiro atoms. The fourth-order valence-corrected chi connectivity index (χ4v) is 2.69. The molecule has 1 N–H and O–H groups in total. The van der Waals surface area contributed by atoms with E-state index in [2.05, 4.69) is 17.2 Å². The first-order valence-corrected chi connectivity index (χ1v) is 7.63. The normalized spacial score (nSPS) is 12.3. The summed E-state index contributed by atoms with van der Waals surface area (Å²) < 4.78 is 19.3. The van der Waals surface area contributed by atoms with Crippen molar-refractivity contribution in [3.8, 4) is 5.75 Å². The predicted molar refractivity (Wildman–Crippen MR) is 79.8 cm³/mol. The second kappa shape index (κ2) is 7.36. The van der Waals surface area contributed by atoms with Gasteiger partial charge in [0.25, 0.3) is 0 Å². The molecule has 1 atom stereocenters. The average molecular weight is 294 g/mol. The van der Waals surface area contributed by atoms with Gasteiger partial charge in [0, 0.05) is 5.38 Å². The minimum atomic E-state index is -0.284. The van der Waals surface area contributed by atoms with Crippen LogP contribution in [0.5, 0.6) is 5.75 Å². The van der Waals surface area contributed by atoms with Gasteiger partial charge < -0.3 is 10.1 Å². The zero-order valence-electron chi connectivity index (χ0n) is 11.7. The Morgan fingerprint density at radius 1 is 1.45 bits per heavy atom. The number of benzene rings is 1. The topological polar surface area (TPSA) is 34.1 Å². The molecule has 0 saturated carbocycles. The van der Waals surface area contributed by atoms with E-state index in [-0.39, 0.29) is 17.6 Å². The predicted octanol–water partition coefficient (Wildman–Crippen LogP) is 3.57.